The molecule has 0 bridgehead atoms. The van der Waals surface area contributed by atoms with Crippen LogP contribution in [-0.2, 0) is 10.3 Å². The van der Waals surface area contributed by atoms with Crippen molar-refractivity contribution >= 4 is 23.2 Å². The summed E-state index contributed by atoms with van der Waals surface area (Å²) in [6, 6.07) is 4.81. The number of nitrogens with zero attached hydrogens (tertiary/aromatic N) is 3. The first kappa shape index (κ1) is 15.9. The molecular formula is C14H14Cl2FN3O. The fraction of sp³-hybridized carbons (Fsp3) is 0.286. The Morgan fingerprint density at radius 3 is 2.86 bits per heavy atom. The molecule has 2 aromatic rings. The van der Waals surface area contributed by atoms with E-state index in [1.165, 1.54) is 18.7 Å². The van der Waals surface area contributed by atoms with Gasteiger partial charge in [0.1, 0.15) is 18.3 Å². The molecule has 1 aromatic heterocycles. The van der Waals surface area contributed by atoms with Crippen molar-refractivity contribution in [3.05, 3.63) is 59.1 Å². The summed E-state index contributed by atoms with van der Waals surface area (Å²) in [5, 5.41) is 4.60. The number of ether oxygens (including phenoxy) is 1. The van der Waals surface area contributed by atoms with Gasteiger partial charge in [-0.25, -0.2) is 14.1 Å². The molecule has 1 heterocycles. The minimum Gasteiger partial charge on any atom is -0.361 e. The maximum absolute atomic E-state index is 14.9. The van der Waals surface area contributed by atoms with E-state index in [1.807, 2.05) is 0 Å². The first-order valence-electron chi connectivity index (χ1n) is 6.17. The highest BCUT2D eigenvalue weighted by Gasteiger charge is 2.41. The smallest absolute Gasteiger partial charge is 0.225 e. The van der Waals surface area contributed by atoms with Crippen LogP contribution in [0.3, 0.4) is 0 Å². The van der Waals surface area contributed by atoms with E-state index in [0.29, 0.717) is 15.6 Å². The van der Waals surface area contributed by atoms with Crippen LogP contribution in [0.25, 0.3) is 0 Å². The number of halogens is 3. The van der Waals surface area contributed by atoms with E-state index in [1.54, 1.807) is 25.1 Å². The van der Waals surface area contributed by atoms with Crippen LogP contribution in [0.4, 0.5) is 4.39 Å². The van der Waals surface area contributed by atoms with Crippen molar-refractivity contribution in [3.63, 3.8) is 0 Å². The lowest BCUT2D eigenvalue weighted by Gasteiger charge is -2.33. The van der Waals surface area contributed by atoms with Crippen LogP contribution in [0.2, 0.25) is 10.0 Å². The van der Waals surface area contributed by atoms with Crippen LogP contribution in [0.5, 0.6) is 0 Å². The second kappa shape index (κ2) is 6.56. The average Bonchev–Trinajstić information content (AvgIpc) is 2.98. The number of alkyl halides is 1. The molecule has 0 aliphatic heterocycles. The summed E-state index contributed by atoms with van der Waals surface area (Å²) < 4.78 is 21.7. The van der Waals surface area contributed by atoms with Crippen LogP contribution >= 0.6 is 23.2 Å². The molecule has 0 amide bonds. The van der Waals surface area contributed by atoms with Crippen LogP contribution in [0, 0.1) is 0 Å². The van der Waals surface area contributed by atoms with Crippen molar-refractivity contribution in [2.24, 2.45) is 0 Å². The molecule has 0 N–H and O–H groups in total. The second-order valence-electron chi connectivity index (χ2n) is 4.54. The largest absolute Gasteiger partial charge is 0.361 e. The number of benzene rings is 1. The Morgan fingerprint density at radius 2 is 2.29 bits per heavy atom. The average molecular weight is 330 g/mol. The lowest BCUT2D eigenvalue weighted by Crippen LogP contribution is -2.35. The van der Waals surface area contributed by atoms with Crippen molar-refractivity contribution in [2.75, 3.05) is 6.61 Å². The first-order chi connectivity index (χ1) is 9.99. The molecule has 21 heavy (non-hydrogen) atoms. The fourth-order valence-electron chi connectivity index (χ4n) is 1.99. The molecule has 7 heteroatoms. The third-order valence-corrected chi connectivity index (χ3v) is 3.64. The van der Waals surface area contributed by atoms with Crippen LogP contribution in [0.15, 0.2) is 43.5 Å². The van der Waals surface area contributed by atoms with Gasteiger partial charge in [-0.15, -0.1) is 6.58 Å². The molecule has 0 fully saturated rings. The summed E-state index contributed by atoms with van der Waals surface area (Å²) in [5.74, 6) is 0. The van der Waals surface area contributed by atoms with Gasteiger partial charge in [-0.05, 0) is 19.1 Å². The number of rotatable bonds is 6. The SMILES string of the molecule is C=CCOC(C)(c1ccc(Cl)cc1Cl)C(F)n1cncn1. The van der Waals surface area contributed by atoms with Crippen molar-refractivity contribution in [1.82, 2.24) is 14.8 Å². The predicted molar refractivity (Wildman–Crippen MR) is 80.1 cm³/mol. The summed E-state index contributed by atoms with van der Waals surface area (Å²) in [4.78, 5) is 3.75. The molecule has 2 rings (SSSR count). The molecule has 0 radical (unpaired) electrons. The van der Waals surface area contributed by atoms with Gasteiger partial charge >= 0.3 is 0 Å². The fourth-order valence-corrected chi connectivity index (χ4v) is 2.58. The van der Waals surface area contributed by atoms with E-state index < -0.39 is 11.9 Å². The van der Waals surface area contributed by atoms with E-state index in [-0.39, 0.29) is 6.61 Å². The van der Waals surface area contributed by atoms with Crippen LogP contribution < -0.4 is 0 Å². The van der Waals surface area contributed by atoms with Crippen molar-refractivity contribution in [2.45, 2.75) is 18.8 Å². The maximum Gasteiger partial charge on any atom is 0.225 e. The van der Waals surface area contributed by atoms with E-state index >= 15 is 0 Å². The lowest BCUT2D eigenvalue weighted by molar-refractivity contribution is -0.111. The van der Waals surface area contributed by atoms with E-state index in [2.05, 4.69) is 16.7 Å². The van der Waals surface area contributed by atoms with Gasteiger partial charge in [-0.3, -0.25) is 0 Å². The predicted octanol–water partition coefficient (Wildman–Crippen LogP) is 4.17. The van der Waals surface area contributed by atoms with Crippen molar-refractivity contribution in [1.29, 1.82) is 0 Å². The highest BCUT2D eigenvalue weighted by atomic mass is 35.5. The zero-order valence-electron chi connectivity index (χ0n) is 11.3. The Bertz CT molecular complexity index is 621. The van der Waals surface area contributed by atoms with Crippen LogP contribution in [0.1, 0.15) is 18.8 Å². The second-order valence-corrected chi connectivity index (χ2v) is 5.39. The van der Waals surface area contributed by atoms with E-state index in [9.17, 15) is 4.39 Å². The summed E-state index contributed by atoms with van der Waals surface area (Å²) in [5.41, 5.74) is -0.887. The highest BCUT2D eigenvalue weighted by Crippen LogP contribution is 2.41. The van der Waals surface area contributed by atoms with Gasteiger partial charge < -0.3 is 4.74 Å². The number of aromatic nitrogens is 3. The van der Waals surface area contributed by atoms with Gasteiger partial charge in [0.25, 0.3) is 0 Å². The zero-order valence-corrected chi connectivity index (χ0v) is 12.9. The number of hydrogen-bond acceptors (Lipinski definition) is 3. The topological polar surface area (TPSA) is 39.9 Å². The van der Waals surface area contributed by atoms with Gasteiger partial charge in [0.05, 0.1) is 6.61 Å². The summed E-state index contributed by atoms with van der Waals surface area (Å²) in [6.45, 7) is 5.33. The monoisotopic (exact) mass is 329 g/mol. The molecule has 112 valence electrons. The molecule has 4 nitrogen and oxygen atoms in total. The summed E-state index contributed by atoms with van der Waals surface area (Å²) in [7, 11) is 0. The lowest BCUT2D eigenvalue weighted by atomic mass is 9.94. The molecule has 0 aliphatic rings. The zero-order chi connectivity index (χ0) is 15.5. The molecular weight excluding hydrogens is 316 g/mol. The van der Waals surface area contributed by atoms with Gasteiger partial charge in [0, 0.05) is 15.6 Å². The Hall–Kier alpha value is -1.43. The van der Waals surface area contributed by atoms with Crippen molar-refractivity contribution in [3.8, 4) is 0 Å². The Labute approximate surface area is 132 Å². The normalized spacial score (nSPS) is 15.4. The van der Waals surface area contributed by atoms with Crippen LogP contribution in [-0.4, -0.2) is 21.4 Å². The minimum absolute atomic E-state index is 0.157. The maximum atomic E-state index is 14.9. The minimum atomic E-state index is -1.61. The quantitative estimate of drug-likeness (QED) is 0.746. The van der Waals surface area contributed by atoms with E-state index in [0.717, 1.165) is 4.68 Å². The number of hydrogen-bond donors (Lipinski definition) is 0. The van der Waals surface area contributed by atoms with Crippen molar-refractivity contribution < 1.29 is 9.13 Å². The Morgan fingerprint density at radius 1 is 1.52 bits per heavy atom. The third-order valence-electron chi connectivity index (χ3n) is 3.09. The molecule has 0 spiro atoms. The van der Waals surface area contributed by atoms with Gasteiger partial charge in [-0.1, -0.05) is 35.3 Å². The standard InChI is InChI=1S/C14H14Cl2FN3O/c1-3-6-21-14(2,13(17)20-9-18-8-19-20)11-5-4-10(15)7-12(11)16/h3-5,7-9,13H,1,6H2,2H3. The summed E-state index contributed by atoms with van der Waals surface area (Å²) in [6.07, 6.45) is 2.46. The highest BCUT2D eigenvalue weighted by molar-refractivity contribution is 6.35. The molecule has 0 aliphatic carbocycles. The van der Waals surface area contributed by atoms with Gasteiger partial charge in [-0.2, -0.15) is 5.10 Å². The van der Waals surface area contributed by atoms with Gasteiger partial charge in [0.2, 0.25) is 6.30 Å². The Kier molecular flexibility index (Phi) is 4.98. The Balaban J connectivity index is 2.47. The molecule has 0 saturated carbocycles. The summed E-state index contributed by atoms with van der Waals surface area (Å²) >= 11 is 12.1. The molecule has 0 saturated heterocycles. The first-order valence-corrected chi connectivity index (χ1v) is 6.93. The third kappa shape index (κ3) is 3.26. The molecule has 2 atom stereocenters. The van der Waals surface area contributed by atoms with E-state index in [4.69, 9.17) is 27.9 Å². The van der Waals surface area contributed by atoms with Gasteiger partial charge in [0.15, 0.2) is 0 Å². The molecule has 1 aromatic carbocycles. The molecule has 2 unspecified atom stereocenters.